The van der Waals surface area contributed by atoms with Gasteiger partial charge in [0, 0.05) is 5.92 Å². The van der Waals surface area contributed by atoms with Gasteiger partial charge in [-0.25, -0.2) is 9.67 Å². The van der Waals surface area contributed by atoms with E-state index in [9.17, 15) is 5.11 Å². The first-order valence-corrected chi connectivity index (χ1v) is 7.13. The number of benzene rings is 1. The van der Waals surface area contributed by atoms with Crippen LogP contribution in [0.1, 0.15) is 49.3 Å². The zero-order valence-electron chi connectivity index (χ0n) is 12.2. The third kappa shape index (κ3) is 2.75. The fourth-order valence-corrected chi connectivity index (χ4v) is 2.78. The van der Waals surface area contributed by atoms with Gasteiger partial charge in [0.15, 0.2) is 0 Å². The summed E-state index contributed by atoms with van der Waals surface area (Å²) in [6.07, 6.45) is 1.12. The molecule has 0 bridgehead atoms. The van der Waals surface area contributed by atoms with Crippen LogP contribution in [0.3, 0.4) is 0 Å². The van der Waals surface area contributed by atoms with Crippen LogP contribution >= 0.6 is 0 Å². The lowest BCUT2D eigenvalue weighted by atomic mass is 10.1. The molecule has 1 aliphatic rings. The van der Waals surface area contributed by atoms with Gasteiger partial charge in [-0.2, -0.15) is 5.10 Å². The lowest BCUT2D eigenvalue weighted by molar-refractivity contribution is 0.0565. The molecule has 4 nitrogen and oxygen atoms in total. The Labute approximate surface area is 119 Å². The molecule has 1 aliphatic carbocycles. The zero-order valence-corrected chi connectivity index (χ0v) is 12.2. The first kappa shape index (κ1) is 13.3. The topological polar surface area (TPSA) is 50.9 Å². The molecule has 0 spiro atoms. The second kappa shape index (κ2) is 4.70. The van der Waals surface area contributed by atoms with Gasteiger partial charge in [0.2, 0.25) is 0 Å². The first-order valence-electron chi connectivity index (χ1n) is 7.13. The smallest absolute Gasteiger partial charge is 0.147 e. The predicted molar refractivity (Wildman–Crippen MR) is 77.6 cm³/mol. The molecule has 106 valence electrons. The highest BCUT2D eigenvalue weighted by atomic mass is 16.3. The van der Waals surface area contributed by atoms with Crippen LogP contribution in [0.2, 0.25) is 0 Å². The predicted octanol–water partition coefficient (Wildman–Crippen LogP) is 2.63. The molecule has 0 saturated heterocycles. The van der Waals surface area contributed by atoms with E-state index < -0.39 is 5.60 Å². The Balaban J connectivity index is 1.82. The number of hydrogen-bond acceptors (Lipinski definition) is 3. The van der Waals surface area contributed by atoms with E-state index in [0.29, 0.717) is 18.4 Å². The molecule has 2 atom stereocenters. The molecule has 1 N–H and O–H groups in total. The average Bonchev–Trinajstić information content (AvgIpc) is 3.08. The number of aryl methyl sites for hydroxylation is 1. The first-order chi connectivity index (χ1) is 9.44. The highest BCUT2D eigenvalue weighted by Crippen LogP contribution is 2.54. The number of nitrogens with zero attached hydrogens (tertiary/aromatic N) is 3. The molecule has 1 aromatic heterocycles. The van der Waals surface area contributed by atoms with E-state index in [2.05, 4.69) is 34.3 Å². The van der Waals surface area contributed by atoms with Gasteiger partial charge < -0.3 is 5.11 Å². The van der Waals surface area contributed by atoms with E-state index in [1.54, 1.807) is 13.8 Å². The number of hydrogen-bond donors (Lipinski definition) is 1. The van der Waals surface area contributed by atoms with Gasteiger partial charge in [-0.05, 0) is 38.7 Å². The summed E-state index contributed by atoms with van der Waals surface area (Å²) in [6.45, 7) is 6.00. The number of rotatable bonds is 4. The molecule has 0 aliphatic heterocycles. The highest BCUT2D eigenvalue weighted by molar-refractivity contribution is 5.31. The van der Waals surface area contributed by atoms with E-state index in [1.165, 1.54) is 5.56 Å². The fraction of sp³-hybridized carbons (Fsp3) is 0.500. The Kier molecular flexibility index (Phi) is 3.13. The molecule has 2 aromatic rings. The third-order valence-electron chi connectivity index (χ3n) is 3.69. The Bertz CT molecular complexity index is 598. The lowest BCUT2D eigenvalue weighted by Gasteiger charge is -2.18. The van der Waals surface area contributed by atoms with Crippen LogP contribution in [-0.4, -0.2) is 25.5 Å². The van der Waals surface area contributed by atoms with Crippen LogP contribution in [0.15, 0.2) is 30.3 Å². The van der Waals surface area contributed by atoms with Crippen molar-refractivity contribution >= 4 is 0 Å². The lowest BCUT2D eigenvalue weighted by Crippen LogP contribution is -2.27. The van der Waals surface area contributed by atoms with E-state index in [4.69, 9.17) is 0 Å². The fourth-order valence-electron chi connectivity index (χ4n) is 2.78. The largest absolute Gasteiger partial charge is 0.389 e. The molecule has 1 fully saturated rings. The summed E-state index contributed by atoms with van der Waals surface area (Å²) in [5, 5.41) is 14.4. The second-order valence-electron chi connectivity index (χ2n) is 6.35. The average molecular weight is 271 g/mol. The molecular weight excluding hydrogens is 250 g/mol. The number of aliphatic hydroxyl groups is 1. The summed E-state index contributed by atoms with van der Waals surface area (Å²) in [5.41, 5.74) is 0.597. The van der Waals surface area contributed by atoms with E-state index >= 15 is 0 Å². The summed E-state index contributed by atoms with van der Waals surface area (Å²) >= 11 is 0. The van der Waals surface area contributed by atoms with Crippen LogP contribution in [-0.2, 0) is 6.54 Å². The molecule has 3 rings (SSSR count). The van der Waals surface area contributed by atoms with Crippen molar-refractivity contribution in [1.29, 1.82) is 0 Å². The SMILES string of the molecule is Cc1nc([C@H]2C[C@@H]2c2ccccc2)n(CC(C)(C)O)n1. The molecule has 1 heterocycles. The number of aromatic nitrogens is 3. The van der Waals surface area contributed by atoms with Crippen molar-refractivity contribution < 1.29 is 5.11 Å². The highest BCUT2D eigenvalue weighted by Gasteiger charge is 2.43. The van der Waals surface area contributed by atoms with Crippen molar-refractivity contribution in [2.24, 2.45) is 0 Å². The second-order valence-corrected chi connectivity index (χ2v) is 6.35. The van der Waals surface area contributed by atoms with E-state index in [1.807, 2.05) is 17.7 Å². The van der Waals surface area contributed by atoms with Crippen LogP contribution in [0.5, 0.6) is 0 Å². The van der Waals surface area contributed by atoms with Gasteiger partial charge in [-0.15, -0.1) is 0 Å². The minimum absolute atomic E-state index is 0.431. The summed E-state index contributed by atoms with van der Waals surface area (Å²) < 4.78 is 1.88. The quantitative estimate of drug-likeness (QED) is 0.930. The Morgan fingerprint density at radius 2 is 1.95 bits per heavy atom. The van der Waals surface area contributed by atoms with Crippen LogP contribution < -0.4 is 0 Å². The van der Waals surface area contributed by atoms with Crippen molar-refractivity contribution in [3.8, 4) is 0 Å². The van der Waals surface area contributed by atoms with Crippen LogP contribution in [0, 0.1) is 6.92 Å². The van der Waals surface area contributed by atoms with Crippen molar-refractivity contribution in [3.63, 3.8) is 0 Å². The molecule has 1 saturated carbocycles. The van der Waals surface area contributed by atoms with Crippen LogP contribution in [0.4, 0.5) is 0 Å². The van der Waals surface area contributed by atoms with Gasteiger partial charge in [0.1, 0.15) is 11.6 Å². The maximum atomic E-state index is 10.0. The van der Waals surface area contributed by atoms with Gasteiger partial charge in [0.25, 0.3) is 0 Å². The maximum absolute atomic E-state index is 10.0. The molecule has 4 heteroatoms. The third-order valence-corrected chi connectivity index (χ3v) is 3.69. The molecule has 0 radical (unpaired) electrons. The normalized spacial score (nSPS) is 22.0. The minimum atomic E-state index is -0.772. The zero-order chi connectivity index (χ0) is 14.3. The summed E-state index contributed by atoms with van der Waals surface area (Å²) in [4.78, 5) is 4.57. The summed E-state index contributed by atoms with van der Waals surface area (Å²) in [7, 11) is 0. The van der Waals surface area contributed by atoms with Gasteiger partial charge in [0.05, 0.1) is 12.1 Å². The molecule has 1 aromatic carbocycles. The Hall–Kier alpha value is -1.68. The van der Waals surface area contributed by atoms with Crippen molar-refractivity contribution in [3.05, 3.63) is 47.5 Å². The van der Waals surface area contributed by atoms with Crippen LogP contribution in [0.25, 0.3) is 0 Å². The maximum Gasteiger partial charge on any atom is 0.147 e. The standard InChI is InChI=1S/C16H21N3O/c1-11-17-15(19(18-11)10-16(2,3)20)14-9-13(14)12-7-5-4-6-8-12/h4-8,13-14,20H,9-10H2,1-3H3/t13-,14+/m1/s1. The van der Waals surface area contributed by atoms with Gasteiger partial charge in [-0.1, -0.05) is 30.3 Å². The summed E-state index contributed by atoms with van der Waals surface area (Å²) in [5.74, 6) is 2.77. The molecule has 0 amide bonds. The van der Waals surface area contributed by atoms with E-state index in [0.717, 1.165) is 18.1 Å². The molecular formula is C16H21N3O. The Morgan fingerprint density at radius 1 is 1.25 bits per heavy atom. The van der Waals surface area contributed by atoms with E-state index in [-0.39, 0.29) is 0 Å². The minimum Gasteiger partial charge on any atom is -0.389 e. The van der Waals surface area contributed by atoms with Crippen molar-refractivity contribution in [2.75, 3.05) is 0 Å². The molecule has 0 unspecified atom stereocenters. The monoisotopic (exact) mass is 271 g/mol. The summed E-state index contributed by atoms with van der Waals surface area (Å²) in [6, 6.07) is 10.6. The van der Waals surface area contributed by atoms with Gasteiger partial charge >= 0.3 is 0 Å². The van der Waals surface area contributed by atoms with Crippen molar-refractivity contribution in [2.45, 2.75) is 51.2 Å². The Morgan fingerprint density at radius 3 is 2.60 bits per heavy atom. The molecule has 20 heavy (non-hydrogen) atoms. The van der Waals surface area contributed by atoms with Gasteiger partial charge in [-0.3, -0.25) is 0 Å². The van der Waals surface area contributed by atoms with Crippen molar-refractivity contribution in [1.82, 2.24) is 14.8 Å².